The van der Waals surface area contributed by atoms with Gasteiger partial charge in [-0.2, -0.15) is 0 Å². The van der Waals surface area contributed by atoms with Crippen LogP contribution in [0.2, 0.25) is 0 Å². The maximum atomic E-state index is 2.86. The molecule has 33 heavy (non-hydrogen) atoms. The van der Waals surface area contributed by atoms with Gasteiger partial charge in [0.2, 0.25) is 0 Å². The molecule has 0 aromatic heterocycles. The topological polar surface area (TPSA) is 6.48 Å². The van der Waals surface area contributed by atoms with Crippen molar-refractivity contribution in [1.82, 2.24) is 0 Å². The van der Waals surface area contributed by atoms with Crippen LogP contribution in [0, 0.1) is 48.2 Å². The zero-order chi connectivity index (χ0) is 24.0. The molecular formula is C30H31N2Ru. The SMILES string of the molecule is Cc1cc(C)c(N2C=CN(c3c(C)cc(C)cc3C)[CH-]2)c(C)c1.[Ru+]=[C]=C=Cc1ccccc1. The summed E-state index contributed by atoms with van der Waals surface area (Å²) in [7, 11) is 0. The Bertz CT molecular complexity index is 1130. The molecule has 3 aromatic carbocycles. The molecule has 1 heterocycles. The molecule has 2 nitrogen and oxygen atoms in total. The average Bonchev–Trinajstić information content (AvgIpc) is 3.21. The van der Waals surface area contributed by atoms with Crippen molar-refractivity contribution in [1.29, 1.82) is 0 Å². The number of nitrogens with zero attached hydrogens (tertiary/aromatic N) is 2. The van der Waals surface area contributed by atoms with Gasteiger partial charge in [0.05, 0.1) is 0 Å². The van der Waals surface area contributed by atoms with Crippen LogP contribution in [-0.2, 0) is 17.9 Å². The van der Waals surface area contributed by atoms with E-state index in [-0.39, 0.29) is 0 Å². The van der Waals surface area contributed by atoms with E-state index in [1.165, 1.54) is 44.8 Å². The van der Waals surface area contributed by atoms with Gasteiger partial charge in [-0.1, -0.05) is 35.4 Å². The van der Waals surface area contributed by atoms with Crippen LogP contribution in [0.15, 0.2) is 72.7 Å². The van der Waals surface area contributed by atoms with E-state index in [2.05, 4.69) is 123 Å². The van der Waals surface area contributed by atoms with Gasteiger partial charge in [0.1, 0.15) is 0 Å². The Morgan fingerprint density at radius 1 is 0.697 bits per heavy atom. The van der Waals surface area contributed by atoms with Gasteiger partial charge in [-0.3, -0.25) is 0 Å². The van der Waals surface area contributed by atoms with Crippen LogP contribution in [0.4, 0.5) is 11.4 Å². The van der Waals surface area contributed by atoms with Crippen LogP contribution >= 0.6 is 0 Å². The Balaban J connectivity index is 0.000000257. The summed E-state index contributed by atoms with van der Waals surface area (Å²) < 4.78 is 2.74. The quantitative estimate of drug-likeness (QED) is 0.204. The van der Waals surface area contributed by atoms with Crippen molar-refractivity contribution in [2.24, 2.45) is 0 Å². The van der Waals surface area contributed by atoms with Crippen molar-refractivity contribution in [2.75, 3.05) is 9.80 Å². The summed E-state index contributed by atoms with van der Waals surface area (Å²) in [4.78, 5) is 4.45. The molecule has 3 aromatic rings. The molecule has 1 aliphatic rings. The predicted octanol–water partition coefficient (Wildman–Crippen LogP) is 7.26. The van der Waals surface area contributed by atoms with Crippen LogP contribution < -0.4 is 9.80 Å². The standard InChI is InChI=1S/C21H25N2.C9H6.Ru/c1-14-9-16(3)20(17(4)10-14)22-7-8-23(13-22)21-18(5)11-15(2)12-19(21)6;1-2-6-9-7-4-3-5-8-9;/h7-13H,1-6H3;3-8H;/q-1;;+1. The number of hydrogen-bond acceptors (Lipinski definition) is 2. The first kappa shape index (κ1) is 24.7. The van der Waals surface area contributed by atoms with Gasteiger partial charge < -0.3 is 9.80 Å². The van der Waals surface area contributed by atoms with Crippen molar-refractivity contribution >= 4 is 21.7 Å². The third-order valence-corrected chi connectivity index (χ3v) is 5.76. The fourth-order valence-electron chi connectivity index (χ4n) is 4.44. The van der Waals surface area contributed by atoms with E-state index in [1.54, 1.807) is 0 Å². The van der Waals surface area contributed by atoms with Crippen molar-refractivity contribution < 1.29 is 17.9 Å². The van der Waals surface area contributed by atoms with Crippen LogP contribution in [0.3, 0.4) is 0 Å². The second-order valence-electron chi connectivity index (χ2n) is 8.51. The van der Waals surface area contributed by atoms with Gasteiger partial charge in [-0.05, 0) is 76.2 Å². The summed E-state index contributed by atoms with van der Waals surface area (Å²) in [6.45, 7) is 15.2. The van der Waals surface area contributed by atoms with Gasteiger partial charge in [0.15, 0.2) is 0 Å². The Hall–Kier alpha value is -2.95. The van der Waals surface area contributed by atoms with Gasteiger partial charge in [0, 0.05) is 11.4 Å². The Kier molecular flexibility index (Phi) is 8.43. The molecule has 169 valence electrons. The molecule has 0 saturated carbocycles. The zero-order valence-corrected chi connectivity index (χ0v) is 22.0. The second-order valence-corrected chi connectivity index (χ2v) is 8.95. The van der Waals surface area contributed by atoms with Gasteiger partial charge in [-0.25, -0.2) is 0 Å². The van der Waals surface area contributed by atoms with Gasteiger partial charge >= 0.3 is 69.8 Å². The molecule has 0 atom stereocenters. The summed E-state index contributed by atoms with van der Waals surface area (Å²) in [5, 5.41) is 0. The van der Waals surface area contributed by atoms with E-state index in [1.807, 2.05) is 36.4 Å². The van der Waals surface area contributed by atoms with E-state index < -0.39 is 0 Å². The molecule has 0 aliphatic carbocycles. The third-order valence-electron chi connectivity index (χ3n) is 5.51. The molecule has 1 aliphatic heterocycles. The number of anilines is 2. The van der Waals surface area contributed by atoms with E-state index in [9.17, 15) is 0 Å². The van der Waals surface area contributed by atoms with Crippen LogP contribution in [0.5, 0.6) is 0 Å². The molecule has 0 amide bonds. The van der Waals surface area contributed by atoms with Crippen LogP contribution in [-0.4, -0.2) is 4.26 Å². The minimum atomic E-state index is 1.15. The van der Waals surface area contributed by atoms with Crippen LogP contribution in [0.25, 0.3) is 6.08 Å². The normalized spacial score (nSPS) is 12.1. The Morgan fingerprint density at radius 2 is 1.12 bits per heavy atom. The second kappa shape index (κ2) is 11.3. The molecule has 3 heteroatoms. The summed E-state index contributed by atoms with van der Waals surface area (Å²) in [5.74, 6) is 0. The molecule has 0 fully saturated rings. The number of benzene rings is 3. The fraction of sp³-hybridized carbons (Fsp3) is 0.200. The summed E-state index contributed by atoms with van der Waals surface area (Å²) in [6.07, 6.45) is 6.17. The molecule has 0 radical (unpaired) electrons. The van der Waals surface area contributed by atoms with E-state index in [4.69, 9.17) is 0 Å². The van der Waals surface area contributed by atoms with Crippen molar-refractivity contribution in [2.45, 2.75) is 41.5 Å². The molecule has 4 rings (SSSR count). The van der Waals surface area contributed by atoms with E-state index in [0.29, 0.717) is 0 Å². The molecule has 0 bridgehead atoms. The minimum absolute atomic E-state index is 1.15. The molecule has 0 spiro atoms. The molecule has 0 saturated heterocycles. The van der Waals surface area contributed by atoms with Gasteiger partial charge in [0.25, 0.3) is 0 Å². The summed E-state index contributed by atoms with van der Waals surface area (Å²) >= 11 is 2.27. The summed E-state index contributed by atoms with van der Waals surface area (Å²) in [6, 6.07) is 19.0. The van der Waals surface area contributed by atoms with Crippen molar-refractivity contribution in [3.8, 4) is 0 Å². The number of rotatable bonds is 3. The summed E-state index contributed by atoms with van der Waals surface area (Å²) in [5.41, 5.74) is 14.4. The average molecular weight is 521 g/mol. The fourth-order valence-corrected chi connectivity index (χ4v) is 4.56. The van der Waals surface area contributed by atoms with Crippen LogP contribution in [0.1, 0.15) is 38.9 Å². The van der Waals surface area contributed by atoms with Crippen molar-refractivity contribution in [3.63, 3.8) is 0 Å². The molecular weight excluding hydrogens is 489 g/mol. The first-order valence-corrected chi connectivity index (χ1v) is 11.9. The molecule has 0 N–H and O–H groups in total. The first-order chi connectivity index (χ1) is 15.8. The zero-order valence-electron chi connectivity index (χ0n) is 20.3. The monoisotopic (exact) mass is 521 g/mol. The number of aryl methyl sites for hydroxylation is 6. The third kappa shape index (κ3) is 6.31. The first-order valence-electron chi connectivity index (χ1n) is 11.0. The Morgan fingerprint density at radius 3 is 1.52 bits per heavy atom. The maximum absolute atomic E-state index is 2.86. The molecule has 0 unspecified atom stereocenters. The Labute approximate surface area is 208 Å². The van der Waals surface area contributed by atoms with Gasteiger partial charge in [-0.15, -0.1) is 6.67 Å². The number of hydrogen-bond donors (Lipinski definition) is 0. The predicted molar refractivity (Wildman–Crippen MR) is 139 cm³/mol. The van der Waals surface area contributed by atoms with E-state index in [0.717, 1.165) is 5.56 Å². The van der Waals surface area contributed by atoms with E-state index >= 15 is 0 Å². The van der Waals surface area contributed by atoms with Crippen molar-refractivity contribution in [3.05, 3.63) is 118 Å².